The summed E-state index contributed by atoms with van der Waals surface area (Å²) in [7, 11) is 0. The lowest BCUT2D eigenvalue weighted by Crippen LogP contribution is -1.95. The van der Waals surface area contributed by atoms with E-state index in [0.29, 0.717) is 0 Å². The zero-order chi connectivity index (χ0) is 12.3. The first kappa shape index (κ1) is 13.0. The van der Waals surface area contributed by atoms with Crippen LogP contribution in [0.5, 0.6) is 0 Å². The van der Waals surface area contributed by atoms with Crippen molar-refractivity contribution < 1.29 is 4.39 Å². The van der Waals surface area contributed by atoms with E-state index in [1.807, 2.05) is 12.1 Å². The first-order chi connectivity index (χ1) is 8.15. The smallest absolute Gasteiger partial charge is 0.123 e. The molecule has 0 aromatic heterocycles. The number of alkyl halides is 1. The average Bonchev–Trinajstić information content (AvgIpc) is 2.33. The van der Waals surface area contributed by atoms with E-state index in [1.54, 1.807) is 0 Å². The van der Waals surface area contributed by atoms with Crippen molar-refractivity contribution in [1.29, 1.82) is 0 Å². The van der Waals surface area contributed by atoms with E-state index in [2.05, 4.69) is 62.8 Å². The summed E-state index contributed by atoms with van der Waals surface area (Å²) >= 11 is 5.96. The molecule has 2 aromatic rings. The molecule has 2 rings (SSSR count). The highest BCUT2D eigenvalue weighted by Crippen LogP contribution is 2.27. The lowest BCUT2D eigenvalue weighted by Gasteiger charge is -2.10. The van der Waals surface area contributed by atoms with Crippen LogP contribution >= 0.6 is 38.5 Å². The van der Waals surface area contributed by atoms with Gasteiger partial charge < -0.3 is 0 Å². The van der Waals surface area contributed by atoms with E-state index in [0.717, 1.165) is 12.0 Å². The van der Waals surface area contributed by atoms with Crippen molar-refractivity contribution in [3.8, 4) is 0 Å². The van der Waals surface area contributed by atoms with Gasteiger partial charge in [0.15, 0.2) is 0 Å². The molecule has 0 N–H and O–H groups in total. The van der Waals surface area contributed by atoms with Crippen LogP contribution in [0.15, 0.2) is 48.5 Å². The number of rotatable bonds is 3. The van der Waals surface area contributed by atoms with Crippen molar-refractivity contribution in [2.24, 2.45) is 0 Å². The lowest BCUT2D eigenvalue weighted by atomic mass is 10.0. The molecule has 0 heterocycles. The van der Waals surface area contributed by atoms with Gasteiger partial charge >= 0.3 is 0 Å². The highest BCUT2D eigenvalue weighted by molar-refractivity contribution is 14.1. The molecule has 0 amide bonds. The molecular formula is C14H11BrFI. The van der Waals surface area contributed by atoms with Crippen molar-refractivity contribution in [3.63, 3.8) is 0 Å². The van der Waals surface area contributed by atoms with Gasteiger partial charge in [-0.3, -0.25) is 0 Å². The Morgan fingerprint density at radius 1 is 1.00 bits per heavy atom. The summed E-state index contributed by atoms with van der Waals surface area (Å²) in [5, 5.41) is 0. The van der Waals surface area contributed by atoms with Crippen molar-refractivity contribution >= 4 is 38.5 Å². The van der Waals surface area contributed by atoms with E-state index >= 15 is 0 Å². The molecule has 0 bridgehead atoms. The molecule has 0 aliphatic rings. The monoisotopic (exact) mass is 404 g/mol. The third-order valence-corrected chi connectivity index (χ3v) is 4.13. The largest absolute Gasteiger partial charge is 0.207 e. The SMILES string of the molecule is Fc1ccc(CC(Br)c2ccc(I)cc2)cc1. The van der Waals surface area contributed by atoms with Gasteiger partial charge in [0, 0.05) is 8.40 Å². The van der Waals surface area contributed by atoms with E-state index in [1.165, 1.54) is 21.3 Å². The number of halogens is 3. The van der Waals surface area contributed by atoms with Crippen LogP contribution in [0.2, 0.25) is 0 Å². The molecular weight excluding hydrogens is 394 g/mol. The third-order valence-electron chi connectivity index (χ3n) is 2.56. The van der Waals surface area contributed by atoms with E-state index < -0.39 is 0 Å². The predicted molar refractivity (Wildman–Crippen MR) is 80.9 cm³/mol. The molecule has 88 valence electrons. The second-order valence-corrected chi connectivity index (χ2v) is 6.20. The van der Waals surface area contributed by atoms with Crippen LogP contribution in [0, 0.1) is 9.39 Å². The molecule has 1 atom stereocenters. The Kier molecular flexibility index (Phi) is 4.56. The fourth-order valence-corrected chi connectivity index (χ4v) is 2.66. The molecule has 0 fully saturated rings. The zero-order valence-corrected chi connectivity index (χ0v) is 12.8. The minimum absolute atomic E-state index is 0.186. The van der Waals surface area contributed by atoms with Crippen molar-refractivity contribution in [3.05, 3.63) is 69.0 Å². The topological polar surface area (TPSA) is 0 Å². The normalized spacial score (nSPS) is 12.4. The van der Waals surface area contributed by atoms with E-state index in [-0.39, 0.29) is 10.6 Å². The molecule has 0 saturated carbocycles. The summed E-state index contributed by atoms with van der Waals surface area (Å²) in [6, 6.07) is 15.1. The maximum absolute atomic E-state index is 12.8. The summed E-state index contributed by atoms with van der Waals surface area (Å²) < 4.78 is 14.0. The summed E-state index contributed by atoms with van der Waals surface area (Å²) in [5.41, 5.74) is 2.38. The molecule has 0 spiro atoms. The average molecular weight is 405 g/mol. The van der Waals surface area contributed by atoms with Crippen LogP contribution in [-0.2, 0) is 6.42 Å². The summed E-state index contributed by atoms with van der Waals surface area (Å²) in [5.74, 6) is -0.186. The Labute approximate surface area is 123 Å². The van der Waals surface area contributed by atoms with Gasteiger partial charge in [-0.2, -0.15) is 0 Å². The van der Waals surface area contributed by atoms with Crippen LogP contribution in [0.25, 0.3) is 0 Å². The maximum atomic E-state index is 12.8. The highest BCUT2D eigenvalue weighted by Gasteiger charge is 2.08. The standard InChI is InChI=1S/C14H11BrFI/c15-14(11-3-7-13(17)8-4-11)9-10-1-5-12(16)6-2-10/h1-8,14H,9H2. The fourth-order valence-electron chi connectivity index (χ4n) is 1.62. The second-order valence-electron chi connectivity index (χ2n) is 3.85. The molecule has 0 nitrogen and oxygen atoms in total. The van der Waals surface area contributed by atoms with Crippen LogP contribution in [0.4, 0.5) is 4.39 Å². The zero-order valence-electron chi connectivity index (χ0n) is 9.04. The van der Waals surface area contributed by atoms with Gasteiger partial charge in [0.1, 0.15) is 5.82 Å². The Balaban J connectivity index is 2.08. The summed E-state index contributed by atoms with van der Waals surface area (Å²) in [6.45, 7) is 0. The Bertz CT molecular complexity index is 479. The van der Waals surface area contributed by atoms with E-state index in [9.17, 15) is 4.39 Å². The number of benzene rings is 2. The first-order valence-electron chi connectivity index (χ1n) is 5.29. The molecule has 0 aliphatic carbocycles. The molecule has 0 radical (unpaired) electrons. The molecule has 0 aliphatic heterocycles. The molecule has 1 unspecified atom stereocenters. The van der Waals surface area contributed by atoms with Crippen LogP contribution in [-0.4, -0.2) is 0 Å². The van der Waals surface area contributed by atoms with Gasteiger partial charge in [-0.25, -0.2) is 4.39 Å². The van der Waals surface area contributed by atoms with Crippen LogP contribution in [0.3, 0.4) is 0 Å². The van der Waals surface area contributed by atoms with Gasteiger partial charge in [0.25, 0.3) is 0 Å². The van der Waals surface area contributed by atoms with Crippen LogP contribution < -0.4 is 0 Å². The van der Waals surface area contributed by atoms with Gasteiger partial charge in [0.05, 0.1) is 0 Å². The Morgan fingerprint density at radius 3 is 2.18 bits per heavy atom. The highest BCUT2D eigenvalue weighted by atomic mass is 127. The second kappa shape index (κ2) is 5.96. The quantitative estimate of drug-likeness (QED) is 0.492. The summed E-state index contributed by atoms with van der Waals surface area (Å²) in [6.07, 6.45) is 0.862. The van der Waals surface area contributed by atoms with Gasteiger partial charge in [0.2, 0.25) is 0 Å². The summed E-state index contributed by atoms with van der Waals surface area (Å²) in [4.78, 5) is 0.268. The molecule has 3 heteroatoms. The third kappa shape index (κ3) is 3.78. The minimum Gasteiger partial charge on any atom is -0.207 e. The van der Waals surface area contributed by atoms with Crippen LogP contribution in [0.1, 0.15) is 16.0 Å². The van der Waals surface area contributed by atoms with Gasteiger partial charge in [-0.05, 0) is 64.4 Å². The van der Waals surface area contributed by atoms with Crippen molar-refractivity contribution in [2.75, 3.05) is 0 Å². The predicted octanol–water partition coefficient (Wildman–Crippen LogP) is 5.11. The minimum atomic E-state index is -0.186. The van der Waals surface area contributed by atoms with Gasteiger partial charge in [-0.1, -0.05) is 40.2 Å². The molecule has 0 saturated heterocycles. The van der Waals surface area contributed by atoms with Crippen molar-refractivity contribution in [1.82, 2.24) is 0 Å². The molecule has 2 aromatic carbocycles. The maximum Gasteiger partial charge on any atom is 0.123 e. The molecule has 17 heavy (non-hydrogen) atoms. The van der Waals surface area contributed by atoms with Gasteiger partial charge in [-0.15, -0.1) is 0 Å². The Morgan fingerprint density at radius 2 is 1.59 bits per heavy atom. The van der Waals surface area contributed by atoms with E-state index in [4.69, 9.17) is 0 Å². The Hall–Kier alpha value is -0.420. The first-order valence-corrected chi connectivity index (χ1v) is 7.28. The number of hydrogen-bond donors (Lipinski definition) is 0. The lowest BCUT2D eigenvalue weighted by molar-refractivity contribution is 0.627. The fraction of sp³-hybridized carbons (Fsp3) is 0.143. The number of hydrogen-bond acceptors (Lipinski definition) is 0. The van der Waals surface area contributed by atoms with Crippen molar-refractivity contribution in [2.45, 2.75) is 11.2 Å².